The van der Waals surface area contributed by atoms with Gasteiger partial charge in [0.15, 0.2) is 5.82 Å². The number of nitrogens with zero attached hydrogens (tertiary/aromatic N) is 3. The molecule has 1 aliphatic heterocycles. The second-order valence-corrected chi connectivity index (χ2v) is 6.84. The number of carboxylic acid groups (broad SMARTS) is 1. The fraction of sp³-hybridized carbons (Fsp3) is 0.421. The van der Waals surface area contributed by atoms with Gasteiger partial charge in [0, 0.05) is 38.4 Å². The van der Waals surface area contributed by atoms with Crippen molar-refractivity contribution in [1.29, 1.82) is 0 Å². The summed E-state index contributed by atoms with van der Waals surface area (Å²) in [6, 6.07) is 7.68. The first-order chi connectivity index (χ1) is 13.3. The van der Waals surface area contributed by atoms with Crippen LogP contribution in [0, 0.1) is 0 Å². The van der Waals surface area contributed by atoms with Crippen molar-refractivity contribution in [3.8, 4) is 0 Å². The molecule has 1 aliphatic rings. The minimum Gasteiger partial charge on any atom is -0.481 e. The van der Waals surface area contributed by atoms with Crippen molar-refractivity contribution in [1.82, 2.24) is 14.5 Å². The van der Waals surface area contributed by atoms with Crippen LogP contribution in [0.5, 0.6) is 0 Å². The lowest BCUT2D eigenvalue weighted by molar-refractivity contribution is -0.134. The predicted octanol–water partition coefficient (Wildman–Crippen LogP) is 1.71. The van der Waals surface area contributed by atoms with Crippen LogP contribution in [0.1, 0.15) is 25.6 Å². The monoisotopic (exact) mass is 424 g/mol. The number of aliphatic hydroxyl groups is 2. The van der Waals surface area contributed by atoms with E-state index in [2.05, 4.69) is 9.97 Å². The number of aromatic nitrogens is 3. The number of anilines is 1. The zero-order valence-electron chi connectivity index (χ0n) is 16.0. The number of fused-ring (bicyclic) bond motifs is 3. The van der Waals surface area contributed by atoms with E-state index in [9.17, 15) is 10.2 Å². The number of pyridine rings is 1. The number of aliphatic carboxylic acids is 1. The summed E-state index contributed by atoms with van der Waals surface area (Å²) in [5, 5.41) is 29.0. The Labute approximate surface area is 173 Å². The summed E-state index contributed by atoms with van der Waals surface area (Å²) < 4.78 is 7.23. The molecular weight excluding hydrogens is 400 g/mol. The Morgan fingerprint density at radius 2 is 1.90 bits per heavy atom. The molecule has 158 valence electrons. The number of halogens is 1. The number of benzene rings is 1. The molecule has 3 heterocycles. The van der Waals surface area contributed by atoms with E-state index in [-0.39, 0.29) is 19.0 Å². The van der Waals surface area contributed by atoms with Gasteiger partial charge >= 0.3 is 0 Å². The first-order valence-corrected chi connectivity index (χ1v) is 8.98. The van der Waals surface area contributed by atoms with E-state index < -0.39 is 11.6 Å². The fourth-order valence-corrected chi connectivity index (χ4v) is 3.40. The third-order valence-electron chi connectivity index (χ3n) is 4.71. The number of nitrogen functional groups attached to an aromatic ring is 1. The van der Waals surface area contributed by atoms with Crippen molar-refractivity contribution in [2.45, 2.75) is 38.5 Å². The molecule has 29 heavy (non-hydrogen) atoms. The van der Waals surface area contributed by atoms with Crippen LogP contribution in [0.25, 0.3) is 21.9 Å². The molecule has 10 heteroatoms. The van der Waals surface area contributed by atoms with E-state index in [4.69, 9.17) is 20.4 Å². The molecule has 9 nitrogen and oxygen atoms in total. The number of carbonyl (C=O) groups is 1. The van der Waals surface area contributed by atoms with Gasteiger partial charge in [0.25, 0.3) is 5.97 Å². The van der Waals surface area contributed by atoms with Gasteiger partial charge in [0.1, 0.15) is 17.9 Å². The van der Waals surface area contributed by atoms with Crippen LogP contribution in [0.4, 0.5) is 5.82 Å². The molecule has 0 amide bonds. The number of ether oxygens (including phenoxy) is 1. The molecule has 0 aliphatic carbocycles. The molecule has 1 aromatic carbocycles. The number of carboxylic acids is 1. The highest BCUT2D eigenvalue weighted by molar-refractivity contribution is 6.06. The van der Waals surface area contributed by atoms with Crippen LogP contribution in [0.15, 0.2) is 24.3 Å². The average Bonchev–Trinajstić information content (AvgIpc) is 3.01. The predicted molar refractivity (Wildman–Crippen MR) is 111 cm³/mol. The zero-order chi connectivity index (χ0) is 20.3. The van der Waals surface area contributed by atoms with Crippen molar-refractivity contribution in [2.24, 2.45) is 0 Å². The second-order valence-electron chi connectivity index (χ2n) is 6.84. The highest BCUT2D eigenvalue weighted by Crippen LogP contribution is 2.31. The van der Waals surface area contributed by atoms with Gasteiger partial charge in [-0.1, -0.05) is 18.2 Å². The van der Waals surface area contributed by atoms with Gasteiger partial charge < -0.3 is 30.4 Å². The Morgan fingerprint density at radius 3 is 2.52 bits per heavy atom. The third-order valence-corrected chi connectivity index (χ3v) is 4.71. The molecule has 0 saturated carbocycles. The molecule has 2 aromatic heterocycles. The SMILES string of the molecule is CC(=O)O.Cl.Nc1nc2ccccc2c2c1nc(CO)n2CC1(O)CCOCC1. The summed E-state index contributed by atoms with van der Waals surface area (Å²) in [5.74, 6) is -0.0223. The lowest BCUT2D eigenvalue weighted by Gasteiger charge is -2.33. The molecular formula is C19H25ClN4O5. The number of aliphatic hydroxyl groups excluding tert-OH is 1. The van der Waals surface area contributed by atoms with Gasteiger partial charge in [0.2, 0.25) is 0 Å². The Balaban J connectivity index is 0.000000552. The molecule has 5 N–H and O–H groups in total. The molecule has 3 aromatic rings. The maximum Gasteiger partial charge on any atom is 0.300 e. The second kappa shape index (κ2) is 9.36. The summed E-state index contributed by atoms with van der Waals surface area (Å²) in [7, 11) is 0. The molecule has 0 unspecified atom stereocenters. The van der Waals surface area contributed by atoms with Crippen molar-refractivity contribution in [2.75, 3.05) is 18.9 Å². The lowest BCUT2D eigenvalue weighted by Crippen LogP contribution is -2.40. The Bertz CT molecular complexity index is 997. The summed E-state index contributed by atoms with van der Waals surface area (Å²) in [5.41, 5.74) is 7.34. The molecule has 0 atom stereocenters. The summed E-state index contributed by atoms with van der Waals surface area (Å²) in [6.45, 7) is 2.26. The van der Waals surface area contributed by atoms with Crippen molar-refractivity contribution in [3.05, 3.63) is 30.1 Å². The van der Waals surface area contributed by atoms with Crippen LogP contribution in [-0.4, -0.2) is 54.6 Å². The molecule has 0 radical (unpaired) electrons. The Hall–Kier alpha value is -2.46. The quantitative estimate of drug-likeness (QED) is 0.497. The van der Waals surface area contributed by atoms with Crippen LogP contribution in [0.2, 0.25) is 0 Å². The smallest absolute Gasteiger partial charge is 0.300 e. The summed E-state index contributed by atoms with van der Waals surface area (Å²) in [4.78, 5) is 17.9. The van der Waals surface area contributed by atoms with E-state index in [0.29, 0.717) is 49.8 Å². The maximum absolute atomic E-state index is 10.9. The van der Waals surface area contributed by atoms with E-state index in [1.807, 2.05) is 28.8 Å². The maximum atomic E-state index is 10.9. The van der Waals surface area contributed by atoms with E-state index in [1.165, 1.54) is 0 Å². The molecule has 0 bridgehead atoms. The van der Waals surface area contributed by atoms with Gasteiger partial charge in [-0.15, -0.1) is 12.4 Å². The van der Waals surface area contributed by atoms with Gasteiger partial charge in [-0.2, -0.15) is 0 Å². The first-order valence-electron chi connectivity index (χ1n) is 8.98. The average molecular weight is 425 g/mol. The highest BCUT2D eigenvalue weighted by Gasteiger charge is 2.32. The zero-order valence-corrected chi connectivity index (χ0v) is 16.9. The number of nitrogens with two attached hydrogens (primary N) is 1. The minimum atomic E-state index is -0.880. The lowest BCUT2D eigenvalue weighted by atomic mass is 9.94. The highest BCUT2D eigenvalue weighted by atomic mass is 35.5. The van der Waals surface area contributed by atoms with Crippen LogP contribution in [-0.2, 0) is 22.7 Å². The molecule has 1 saturated heterocycles. The fourth-order valence-electron chi connectivity index (χ4n) is 3.40. The third kappa shape index (κ3) is 4.94. The summed E-state index contributed by atoms with van der Waals surface area (Å²) >= 11 is 0. The standard InChI is InChI=1S/C17H20N4O3.C2H4O2.ClH/c18-16-14-15(11-3-1-2-4-12(11)19-16)21(13(9-22)20-14)10-17(23)5-7-24-8-6-17;1-2(3)4;/h1-4,22-23H,5-10H2,(H2,18,19);1H3,(H,3,4);1H. The number of para-hydroxylation sites is 1. The van der Waals surface area contributed by atoms with Crippen LogP contribution in [0.3, 0.4) is 0 Å². The first kappa shape index (κ1) is 22.8. The Kier molecular flexibility index (Phi) is 7.37. The largest absolute Gasteiger partial charge is 0.481 e. The van der Waals surface area contributed by atoms with E-state index >= 15 is 0 Å². The van der Waals surface area contributed by atoms with Crippen molar-refractivity contribution >= 4 is 46.1 Å². The van der Waals surface area contributed by atoms with Crippen LogP contribution >= 0.6 is 12.4 Å². The number of rotatable bonds is 3. The Morgan fingerprint density at radius 1 is 1.28 bits per heavy atom. The van der Waals surface area contributed by atoms with Gasteiger partial charge in [-0.3, -0.25) is 4.79 Å². The van der Waals surface area contributed by atoms with Crippen molar-refractivity contribution in [3.63, 3.8) is 0 Å². The van der Waals surface area contributed by atoms with E-state index in [1.54, 1.807) is 0 Å². The number of hydrogen-bond donors (Lipinski definition) is 4. The topological polar surface area (TPSA) is 144 Å². The normalized spacial score (nSPS) is 15.4. The van der Waals surface area contributed by atoms with E-state index in [0.717, 1.165) is 23.3 Å². The van der Waals surface area contributed by atoms with Gasteiger partial charge in [-0.05, 0) is 6.07 Å². The summed E-state index contributed by atoms with van der Waals surface area (Å²) in [6.07, 6.45) is 1.10. The number of hydrogen-bond acceptors (Lipinski definition) is 7. The molecule has 1 fully saturated rings. The van der Waals surface area contributed by atoms with Crippen molar-refractivity contribution < 1.29 is 24.9 Å². The molecule has 0 spiro atoms. The van der Waals surface area contributed by atoms with Gasteiger partial charge in [-0.25, -0.2) is 9.97 Å². The van der Waals surface area contributed by atoms with Crippen LogP contribution < -0.4 is 5.73 Å². The number of imidazole rings is 1. The minimum absolute atomic E-state index is 0. The van der Waals surface area contributed by atoms with Gasteiger partial charge in [0.05, 0.1) is 23.2 Å². The molecule has 4 rings (SSSR count).